The quantitative estimate of drug-likeness (QED) is 0.652. The second kappa shape index (κ2) is 6.02. The van der Waals surface area contributed by atoms with E-state index in [1.807, 2.05) is 24.3 Å². The molecule has 1 fully saturated rings. The molecule has 128 valence electrons. The molecule has 3 rings (SSSR count). The predicted octanol–water partition coefficient (Wildman–Crippen LogP) is 1.52. The molecule has 0 spiro atoms. The number of esters is 2. The third-order valence-electron chi connectivity index (χ3n) is 5.27. The van der Waals surface area contributed by atoms with Gasteiger partial charge in [-0.25, -0.2) is 0 Å². The van der Waals surface area contributed by atoms with E-state index in [4.69, 9.17) is 9.47 Å². The highest BCUT2D eigenvalue weighted by Crippen LogP contribution is 2.52. The summed E-state index contributed by atoms with van der Waals surface area (Å²) in [5.41, 5.74) is -0.0846. The molecule has 0 aliphatic heterocycles. The van der Waals surface area contributed by atoms with E-state index >= 15 is 0 Å². The molecule has 1 aromatic carbocycles. The SMILES string of the molecule is COC(=O)C1(C(=O)OC)CC(=O)[C@@H]2c3ccccc3[C@H](O)C[C@H]2C1. The predicted molar refractivity (Wildman–Crippen MR) is 83.0 cm³/mol. The summed E-state index contributed by atoms with van der Waals surface area (Å²) in [5, 5.41) is 10.4. The molecule has 1 N–H and O–H groups in total. The van der Waals surface area contributed by atoms with Crippen molar-refractivity contribution >= 4 is 17.7 Å². The number of carbonyl (C=O) groups excluding carboxylic acids is 3. The van der Waals surface area contributed by atoms with Gasteiger partial charge in [-0.15, -0.1) is 0 Å². The molecule has 2 aliphatic carbocycles. The molecular weight excluding hydrogens is 312 g/mol. The van der Waals surface area contributed by atoms with E-state index in [-0.39, 0.29) is 24.5 Å². The van der Waals surface area contributed by atoms with E-state index in [0.717, 1.165) is 11.1 Å². The second-order valence-electron chi connectivity index (χ2n) is 6.53. The van der Waals surface area contributed by atoms with Gasteiger partial charge in [0, 0.05) is 12.3 Å². The molecule has 0 saturated heterocycles. The Morgan fingerprint density at radius 1 is 1.12 bits per heavy atom. The Labute approximate surface area is 139 Å². The minimum atomic E-state index is -1.62. The van der Waals surface area contributed by atoms with E-state index in [1.54, 1.807) is 0 Å². The lowest BCUT2D eigenvalue weighted by Gasteiger charge is -2.44. The molecule has 0 aromatic heterocycles. The van der Waals surface area contributed by atoms with E-state index in [9.17, 15) is 19.5 Å². The molecule has 0 unspecified atom stereocenters. The molecule has 6 heteroatoms. The summed E-state index contributed by atoms with van der Waals surface area (Å²) in [6, 6.07) is 7.29. The van der Waals surface area contributed by atoms with Crippen molar-refractivity contribution in [2.24, 2.45) is 11.3 Å². The fourth-order valence-corrected chi connectivity index (χ4v) is 4.25. The van der Waals surface area contributed by atoms with E-state index in [0.29, 0.717) is 6.42 Å². The highest BCUT2D eigenvalue weighted by molar-refractivity contribution is 6.06. The highest BCUT2D eigenvalue weighted by Gasteiger charge is 2.58. The number of Topliss-reactive ketones (excluding diaryl/α,β-unsaturated/α-hetero) is 1. The first-order valence-corrected chi connectivity index (χ1v) is 7.91. The van der Waals surface area contributed by atoms with Crippen LogP contribution in [0, 0.1) is 11.3 Å². The van der Waals surface area contributed by atoms with Gasteiger partial charge in [-0.3, -0.25) is 14.4 Å². The number of hydrogen-bond acceptors (Lipinski definition) is 6. The Hall–Kier alpha value is -2.21. The van der Waals surface area contributed by atoms with Crippen LogP contribution in [0.25, 0.3) is 0 Å². The van der Waals surface area contributed by atoms with Crippen molar-refractivity contribution in [1.29, 1.82) is 0 Å². The average Bonchev–Trinajstić information content (AvgIpc) is 2.59. The number of ketones is 1. The normalized spacial score (nSPS) is 27.6. The van der Waals surface area contributed by atoms with Crippen molar-refractivity contribution in [3.63, 3.8) is 0 Å². The highest BCUT2D eigenvalue weighted by atomic mass is 16.5. The number of fused-ring (bicyclic) bond motifs is 3. The fraction of sp³-hybridized carbons (Fsp3) is 0.500. The number of methoxy groups -OCH3 is 2. The van der Waals surface area contributed by atoms with Crippen LogP contribution >= 0.6 is 0 Å². The van der Waals surface area contributed by atoms with Gasteiger partial charge in [0.15, 0.2) is 5.41 Å². The van der Waals surface area contributed by atoms with Crippen molar-refractivity contribution in [3.8, 4) is 0 Å². The zero-order valence-electron chi connectivity index (χ0n) is 13.7. The molecule has 1 aromatic rings. The lowest BCUT2D eigenvalue weighted by molar-refractivity contribution is -0.176. The number of rotatable bonds is 2. The van der Waals surface area contributed by atoms with Crippen LogP contribution in [0.15, 0.2) is 24.3 Å². The first-order chi connectivity index (χ1) is 11.4. The van der Waals surface area contributed by atoms with Gasteiger partial charge in [-0.05, 0) is 29.9 Å². The monoisotopic (exact) mass is 332 g/mol. The molecule has 6 nitrogen and oxygen atoms in total. The summed E-state index contributed by atoms with van der Waals surface area (Å²) >= 11 is 0. The lowest BCUT2D eigenvalue weighted by Crippen LogP contribution is -2.51. The molecule has 1 saturated carbocycles. The van der Waals surface area contributed by atoms with E-state index in [1.165, 1.54) is 14.2 Å². The molecule has 3 atom stereocenters. The number of carbonyl (C=O) groups is 3. The van der Waals surface area contributed by atoms with Crippen molar-refractivity contribution in [1.82, 2.24) is 0 Å². The maximum atomic E-state index is 12.9. The summed E-state index contributed by atoms with van der Waals surface area (Å²) in [6.45, 7) is 0. The maximum absolute atomic E-state index is 12.9. The van der Waals surface area contributed by atoms with Crippen molar-refractivity contribution < 1.29 is 29.0 Å². The van der Waals surface area contributed by atoms with Crippen molar-refractivity contribution in [3.05, 3.63) is 35.4 Å². The fourth-order valence-electron chi connectivity index (χ4n) is 4.25. The number of aliphatic hydroxyl groups excluding tert-OH is 1. The van der Waals surface area contributed by atoms with Gasteiger partial charge in [0.25, 0.3) is 0 Å². The Morgan fingerprint density at radius 2 is 1.71 bits per heavy atom. The van der Waals surface area contributed by atoms with Crippen LogP contribution in [0.3, 0.4) is 0 Å². The third kappa shape index (κ3) is 2.33. The molecule has 0 heterocycles. The van der Waals surface area contributed by atoms with Crippen LogP contribution in [0.4, 0.5) is 0 Å². The zero-order chi connectivity index (χ0) is 17.5. The van der Waals surface area contributed by atoms with Gasteiger partial charge in [0.2, 0.25) is 0 Å². The minimum Gasteiger partial charge on any atom is -0.468 e. The van der Waals surface area contributed by atoms with E-state index < -0.39 is 29.4 Å². The Bertz CT molecular complexity index is 679. The molecule has 0 amide bonds. The van der Waals surface area contributed by atoms with Crippen molar-refractivity contribution in [2.75, 3.05) is 14.2 Å². The van der Waals surface area contributed by atoms with Gasteiger partial charge in [-0.2, -0.15) is 0 Å². The van der Waals surface area contributed by atoms with Crippen LogP contribution in [-0.4, -0.2) is 37.0 Å². The molecule has 2 aliphatic rings. The largest absolute Gasteiger partial charge is 0.468 e. The first kappa shape index (κ1) is 16.6. The molecular formula is C18H20O6. The molecule has 0 bridgehead atoms. The Kier molecular flexibility index (Phi) is 4.17. The van der Waals surface area contributed by atoms with Gasteiger partial charge < -0.3 is 14.6 Å². The zero-order valence-corrected chi connectivity index (χ0v) is 13.7. The van der Waals surface area contributed by atoms with Gasteiger partial charge in [0.1, 0.15) is 5.78 Å². The number of ether oxygens (including phenoxy) is 2. The molecule has 24 heavy (non-hydrogen) atoms. The van der Waals surface area contributed by atoms with Gasteiger partial charge in [0.05, 0.1) is 20.3 Å². The van der Waals surface area contributed by atoms with E-state index in [2.05, 4.69) is 0 Å². The number of benzene rings is 1. The van der Waals surface area contributed by atoms with Crippen molar-refractivity contribution in [2.45, 2.75) is 31.3 Å². The van der Waals surface area contributed by atoms with Crippen LogP contribution in [-0.2, 0) is 23.9 Å². The van der Waals surface area contributed by atoms with Gasteiger partial charge in [-0.1, -0.05) is 24.3 Å². The third-order valence-corrected chi connectivity index (χ3v) is 5.27. The average molecular weight is 332 g/mol. The topological polar surface area (TPSA) is 89.9 Å². The standard InChI is InChI=1S/C18H20O6/c1-23-16(21)18(17(22)24-2)8-10-7-13(19)11-5-3-4-6-12(11)15(10)14(20)9-18/h3-6,10,13,15,19H,7-9H2,1-2H3/t10-,13+,15-/m0/s1. The minimum absolute atomic E-state index is 0.133. The van der Waals surface area contributed by atoms with Crippen LogP contribution in [0.5, 0.6) is 0 Å². The lowest BCUT2D eigenvalue weighted by atomic mass is 9.58. The van der Waals surface area contributed by atoms with Crippen LogP contribution in [0.2, 0.25) is 0 Å². The Morgan fingerprint density at radius 3 is 2.29 bits per heavy atom. The Balaban J connectivity index is 2.04. The molecule has 0 radical (unpaired) electrons. The number of hydrogen-bond donors (Lipinski definition) is 1. The maximum Gasteiger partial charge on any atom is 0.323 e. The summed E-state index contributed by atoms with van der Waals surface area (Å²) in [4.78, 5) is 37.5. The smallest absolute Gasteiger partial charge is 0.323 e. The second-order valence-corrected chi connectivity index (χ2v) is 6.53. The summed E-state index contributed by atoms with van der Waals surface area (Å²) in [7, 11) is 2.38. The summed E-state index contributed by atoms with van der Waals surface area (Å²) < 4.78 is 9.57. The van der Waals surface area contributed by atoms with Crippen LogP contribution < -0.4 is 0 Å². The van der Waals surface area contributed by atoms with Crippen LogP contribution in [0.1, 0.15) is 42.4 Å². The summed E-state index contributed by atoms with van der Waals surface area (Å²) in [5.74, 6) is -2.42. The number of aliphatic hydroxyl groups is 1. The summed E-state index contributed by atoms with van der Waals surface area (Å²) in [6.07, 6.45) is -0.503. The first-order valence-electron chi connectivity index (χ1n) is 7.91. The van der Waals surface area contributed by atoms with Gasteiger partial charge >= 0.3 is 11.9 Å².